The van der Waals surface area contributed by atoms with Crippen molar-refractivity contribution >= 4 is 44.1 Å². The molecule has 0 aromatic heterocycles. The largest absolute Gasteiger partial charge is 0.381 e. The number of hydrogen-bond donors (Lipinski definition) is 3. The van der Waals surface area contributed by atoms with Crippen LogP contribution in [0.4, 0.5) is 17.1 Å². The van der Waals surface area contributed by atoms with Crippen molar-refractivity contribution in [2.24, 2.45) is 5.92 Å². The Labute approximate surface area is 362 Å². The van der Waals surface area contributed by atoms with Gasteiger partial charge in [-0.25, -0.2) is 13.1 Å². The summed E-state index contributed by atoms with van der Waals surface area (Å²) in [6.45, 7) is 4.02. The fourth-order valence-electron chi connectivity index (χ4n) is 8.41. The first-order chi connectivity index (χ1) is 30.2. The highest BCUT2D eigenvalue weighted by atomic mass is 32.2. The molecule has 11 nitrogen and oxygen atoms in total. The smallest absolute Gasteiger partial charge is 0.293 e. The first-order valence-corrected chi connectivity index (χ1v) is 22.5. The third-order valence-corrected chi connectivity index (χ3v) is 12.9. The number of nitrogens with zero attached hydrogens (tertiary/aromatic N) is 2. The maximum Gasteiger partial charge on any atom is 0.293 e. The van der Waals surface area contributed by atoms with Crippen LogP contribution in [0.3, 0.4) is 0 Å². The predicted molar refractivity (Wildman–Crippen MR) is 245 cm³/mol. The second-order valence-corrected chi connectivity index (χ2v) is 17.3. The number of carbonyl (C=O) groups excluding carboxylic acids is 1. The molecule has 2 fully saturated rings. The predicted octanol–water partition coefficient (Wildman–Crippen LogP) is 8.58. The lowest BCUT2D eigenvalue weighted by atomic mass is 9.83. The van der Waals surface area contributed by atoms with E-state index < -0.39 is 20.9 Å². The number of nitrogens with one attached hydrogen (secondary N) is 3. The van der Waals surface area contributed by atoms with Gasteiger partial charge in [-0.05, 0) is 101 Å². The van der Waals surface area contributed by atoms with Crippen LogP contribution >= 0.6 is 0 Å². The van der Waals surface area contributed by atoms with E-state index in [-0.39, 0.29) is 27.9 Å². The van der Waals surface area contributed by atoms with Crippen molar-refractivity contribution in [3.05, 3.63) is 201 Å². The number of piperazine rings is 1. The van der Waals surface area contributed by atoms with E-state index in [2.05, 4.69) is 117 Å². The molecular formula is C50H49N5O6S. The van der Waals surface area contributed by atoms with Crippen LogP contribution in [0.1, 0.15) is 51.0 Å². The molecule has 6 aromatic carbocycles. The molecule has 0 spiro atoms. The highest BCUT2D eigenvalue weighted by Gasteiger charge is 2.28. The van der Waals surface area contributed by atoms with Gasteiger partial charge in [-0.1, -0.05) is 115 Å². The Hall–Kier alpha value is -6.60. The summed E-state index contributed by atoms with van der Waals surface area (Å²) in [5, 5.41) is 18.7. The van der Waals surface area contributed by atoms with Gasteiger partial charge in [0.15, 0.2) is 0 Å². The zero-order valence-electron chi connectivity index (χ0n) is 34.3. The molecule has 8 rings (SSSR count). The minimum Gasteiger partial charge on any atom is -0.381 e. The normalized spacial score (nSPS) is 15.7. The summed E-state index contributed by atoms with van der Waals surface area (Å²) in [6.07, 6.45) is 2.40. The lowest BCUT2D eigenvalue weighted by molar-refractivity contribution is -0.384. The van der Waals surface area contributed by atoms with E-state index >= 15 is 0 Å². The van der Waals surface area contributed by atoms with E-state index in [9.17, 15) is 23.3 Å². The molecule has 0 radical (unpaired) electrons. The summed E-state index contributed by atoms with van der Waals surface area (Å²) in [4.78, 5) is 26.7. The molecule has 0 bridgehead atoms. The van der Waals surface area contributed by atoms with Crippen molar-refractivity contribution in [3.8, 4) is 0 Å². The van der Waals surface area contributed by atoms with E-state index in [0.29, 0.717) is 25.7 Å². The summed E-state index contributed by atoms with van der Waals surface area (Å²) in [5.74, 6) is -0.541. The van der Waals surface area contributed by atoms with Gasteiger partial charge in [0, 0.05) is 62.8 Å². The summed E-state index contributed by atoms with van der Waals surface area (Å²) in [5.41, 5.74) is 8.87. The Bertz CT molecular complexity index is 2590. The van der Waals surface area contributed by atoms with Gasteiger partial charge >= 0.3 is 0 Å². The molecule has 1 atom stereocenters. The van der Waals surface area contributed by atoms with Gasteiger partial charge in [0.1, 0.15) is 5.69 Å². The average molecular weight is 848 g/mol. The first-order valence-electron chi connectivity index (χ1n) is 21.0. The maximum absolute atomic E-state index is 13.4. The highest BCUT2D eigenvalue weighted by Crippen LogP contribution is 2.39. The summed E-state index contributed by atoms with van der Waals surface area (Å²) < 4.78 is 34.3. The molecule has 316 valence electrons. The van der Waals surface area contributed by atoms with Crippen LogP contribution in [0.5, 0.6) is 0 Å². The molecular weight excluding hydrogens is 799 g/mol. The van der Waals surface area contributed by atoms with Crippen LogP contribution in [0.15, 0.2) is 163 Å². The van der Waals surface area contributed by atoms with E-state index in [0.717, 1.165) is 84.1 Å². The third kappa shape index (κ3) is 9.79. The van der Waals surface area contributed by atoms with E-state index in [1.165, 1.54) is 17.7 Å². The summed E-state index contributed by atoms with van der Waals surface area (Å²) in [6, 6.07) is 50.8. The van der Waals surface area contributed by atoms with Gasteiger partial charge in [-0.2, -0.15) is 0 Å². The van der Waals surface area contributed by atoms with Crippen molar-refractivity contribution in [3.63, 3.8) is 0 Å². The van der Waals surface area contributed by atoms with Crippen LogP contribution < -0.4 is 20.3 Å². The number of rotatable bonds is 14. The van der Waals surface area contributed by atoms with Crippen LogP contribution in [-0.2, 0) is 21.2 Å². The topological polar surface area (TPSA) is 143 Å². The SMILES string of the molecule is O=C(NS(=O)(=O)c1ccc(NCC2CCOCC2)c([N+](=O)[O-])c1)c1ccc(N2CCNCC2Cc2ccccc2C(=C(c2ccccc2)c2ccccc2)c2ccccc2)cc1. The molecule has 0 aliphatic carbocycles. The number of nitro groups is 1. The molecule has 1 unspecified atom stereocenters. The molecule has 2 saturated heterocycles. The van der Waals surface area contributed by atoms with Gasteiger partial charge in [0.2, 0.25) is 0 Å². The van der Waals surface area contributed by atoms with Crippen molar-refractivity contribution in [1.29, 1.82) is 0 Å². The van der Waals surface area contributed by atoms with Crippen LogP contribution in [0.25, 0.3) is 11.1 Å². The zero-order valence-corrected chi connectivity index (χ0v) is 35.1. The van der Waals surface area contributed by atoms with Crippen molar-refractivity contribution in [1.82, 2.24) is 10.0 Å². The van der Waals surface area contributed by atoms with E-state index in [4.69, 9.17) is 4.74 Å². The van der Waals surface area contributed by atoms with E-state index in [1.807, 2.05) is 30.3 Å². The highest BCUT2D eigenvalue weighted by molar-refractivity contribution is 7.90. The number of hydrogen-bond acceptors (Lipinski definition) is 9. The molecule has 0 saturated carbocycles. The Balaban J connectivity index is 1.03. The first kappa shape index (κ1) is 42.1. The van der Waals surface area contributed by atoms with Gasteiger partial charge in [0.25, 0.3) is 21.6 Å². The number of carbonyl (C=O) groups is 1. The second-order valence-electron chi connectivity index (χ2n) is 15.6. The number of amides is 1. The third-order valence-electron chi connectivity index (χ3n) is 11.6. The van der Waals surface area contributed by atoms with Crippen LogP contribution in [0.2, 0.25) is 0 Å². The second kappa shape index (κ2) is 19.4. The standard InChI is InChI=1S/C50H49N5O6S/c56-50(53-62(59,60)44-24-25-46(47(33-44)55(57)58)52-34-36-26-30-61-31-27-36)40-20-22-42(23-21-40)54-29-28-51-35-43(54)32-41-18-10-11-19-45(41)49(39-16-8-3-9-17-39)48(37-12-4-1-5-13-37)38-14-6-2-7-15-38/h1-25,33,36,43,51-52H,26-32,34-35H2,(H,53,56). The molecule has 2 aliphatic rings. The van der Waals surface area contributed by atoms with Crippen molar-refractivity contribution in [2.45, 2.75) is 30.2 Å². The Kier molecular flexibility index (Phi) is 13.2. The Morgan fingerprint density at radius 3 is 1.97 bits per heavy atom. The van der Waals surface area contributed by atoms with Crippen LogP contribution in [0, 0.1) is 16.0 Å². The number of benzene rings is 6. The van der Waals surface area contributed by atoms with Crippen molar-refractivity contribution < 1.29 is 22.9 Å². The van der Waals surface area contributed by atoms with Gasteiger partial charge in [0.05, 0.1) is 9.82 Å². The fourth-order valence-corrected chi connectivity index (χ4v) is 9.41. The zero-order chi connectivity index (χ0) is 42.9. The number of nitro benzene ring substituents is 1. The monoisotopic (exact) mass is 847 g/mol. The molecule has 2 heterocycles. The number of sulfonamides is 1. The number of ether oxygens (including phenoxy) is 1. The fraction of sp³-hybridized carbons (Fsp3) is 0.220. The molecule has 62 heavy (non-hydrogen) atoms. The minimum absolute atomic E-state index is 0.0591. The molecule has 12 heteroatoms. The lowest BCUT2D eigenvalue weighted by Crippen LogP contribution is -2.52. The lowest BCUT2D eigenvalue weighted by Gasteiger charge is -2.38. The molecule has 6 aromatic rings. The summed E-state index contributed by atoms with van der Waals surface area (Å²) >= 11 is 0. The maximum atomic E-state index is 13.4. The Morgan fingerprint density at radius 1 is 0.742 bits per heavy atom. The van der Waals surface area contributed by atoms with Crippen LogP contribution in [-0.4, -0.2) is 64.7 Å². The quantitative estimate of drug-likeness (QED) is 0.0558. The average Bonchev–Trinajstić information content (AvgIpc) is 3.31. The summed E-state index contributed by atoms with van der Waals surface area (Å²) in [7, 11) is -4.43. The van der Waals surface area contributed by atoms with Gasteiger partial charge in [-0.3, -0.25) is 14.9 Å². The minimum atomic E-state index is -4.43. The Morgan fingerprint density at radius 2 is 1.34 bits per heavy atom. The van der Waals surface area contributed by atoms with E-state index in [1.54, 1.807) is 12.1 Å². The van der Waals surface area contributed by atoms with Crippen molar-refractivity contribution in [2.75, 3.05) is 49.6 Å². The number of anilines is 2. The molecule has 2 aliphatic heterocycles. The molecule has 1 amide bonds. The van der Waals surface area contributed by atoms with Gasteiger partial charge < -0.3 is 20.3 Å². The van der Waals surface area contributed by atoms with Gasteiger partial charge in [-0.15, -0.1) is 0 Å². The molecule has 3 N–H and O–H groups in total.